The van der Waals surface area contributed by atoms with Gasteiger partial charge in [-0.25, -0.2) is 9.97 Å². The van der Waals surface area contributed by atoms with E-state index in [2.05, 4.69) is 22.5 Å². The number of thiophene rings is 1. The van der Waals surface area contributed by atoms with Gasteiger partial charge in [0.1, 0.15) is 15.8 Å². The first-order valence-corrected chi connectivity index (χ1v) is 8.16. The lowest BCUT2D eigenvalue weighted by molar-refractivity contribution is 0.193. The predicted molar refractivity (Wildman–Crippen MR) is 86.0 cm³/mol. The van der Waals surface area contributed by atoms with Crippen molar-refractivity contribution in [1.29, 1.82) is 0 Å². The molecular formula is C16H13ClN2OS. The fourth-order valence-corrected chi connectivity index (χ4v) is 3.95. The van der Waals surface area contributed by atoms with E-state index in [0.717, 1.165) is 40.2 Å². The maximum Gasteiger partial charge on any atom is 0.142 e. The number of nitrogens with zero attached hydrogens (tertiary/aromatic N) is 2. The molecule has 3 nitrogen and oxygen atoms in total. The van der Waals surface area contributed by atoms with Crippen molar-refractivity contribution < 1.29 is 4.74 Å². The van der Waals surface area contributed by atoms with Crippen molar-refractivity contribution >= 4 is 33.2 Å². The van der Waals surface area contributed by atoms with Crippen LogP contribution in [0.1, 0.15) is 18.2 Å². The van der Waals surface area contributed by atoms with Crippen molar-refractivity contribution in [1.82, 2.24) is 9.97 Å². The lowest BCUT2D eigenvalue weighted by Gasteiger charge is -2.07. The molecule has 0 spiro atoms. The number of ether oxygens (including phenoxy) is 1. The van der Waals surface area contributed by atoms with Crippen molar-refractivity contribution in [2.24, 2.45) is 0 Å². The number of hydrogen-bond donors (Lipinski definition) is 0. The smallest absolute Gasteiger partial charge is 0.142 e. The summed E-state index contributed by atoms with van der Waals surface area (Å²) in [6.45, 7) is 1.47. The average Bonchev–Trinajstić information content (AvgIpc) is 3.17. The molecule has 1 fully saturated rings. The van der Waals surface area contributed by atoms with E-state index in [0.29, 0.717) is 11.8 Å². The molecule has 1 aliphatic heterocycles. The van der Waals surface area contributed by atoms with E-state index in [1.807, 2.05) is 18.2 Å². The number of aromatic nitrogens is 2. The second-order valence-corrected chi connectivity index (χ2v) is 6.34. The first-order chi connectivity index (χ1) is 10.3. The summed E-state index contributed by atoms with van der Waals surface area (Å²) < 4.78 is 5.42. The van der Waals surface area contributed by atoms with Crippen molar-refractivity contribution in [2.75, 3.05) is 13.2 Å². The second kappa shape index (κ2) is 5.37. The summed E-state index contributed by atoms with van der Waals surface area (Å²) in [6, 6.07) is 10.2. The highest BCUT2D eigenvalue weighted by molar-refractivity contribution is 7.17. The zero-order valence-corrected chi connectivity index (χ0v) is 12.8. The monoisotopic (exact) mass is 316 g/mol. The van der Waals surface area contributed by atoms with Crippen LogP contribution >= 0.6 is 22.9 Å². The molecule has 0 aliphatic carbocycles. The summed E-state index contributed by atoms with van der Waals surface area (Å²) in [7, 11) is 0. The van der Waals surface area contributed by atoms with Gasteiger partial charge in [0.05, 0.1) is 12.0 Å². The lowest BCUT2D eigenvalue weighted by Crippen LogP contribution is -2.04. The third kappa shape index (κ3) is 2.33. The van der Waals surface area contributed by atoms with Gasteiger partial charge in [0.2, 0.25) is 0 Å². The minimum Gasteiger partial charge on any atom is -0.381 e. The molecule has 1 aliphatic rings. The SMILES string of the molecule is Clc1nc(C2CCOC2)nc2scc(-c3ccccc3)c12. The standard InChI is InChI=1S/C16H13ClN2OS/c17-14-13-12(10-4-2-1-3-5-10)9-21-16(13)19-15(18-14)11-6-7-20-8-11/h1-5,9,11H,6-8H2. The first kappa shape index (κ1) is 13.2. The molecule has 3 heterocycles. The van der Waals surface area contributed by atoms with Crippen LogP contribution in [-0.2, 0) is 4.74 Å². The highest BCUT2D eigenvalue weighted by Gasteiger charge is 2.23. The number of fused-ring (bicyclic) bond motifs is 1. The number of hydrogen-bond acceptors (Lipinski definition) is 4. The summed E-state index contributed by atoms with van der Waals surface area (Å²) >= 11 is 8.07. The van der Waals surface area contributed by atoms with E-state index in [1.165, 1.54) is 0 Å². The molecule has 1 aromatic carbocycles. The maximum absolute atomic E-state index is 6.45. The summed E-state index contributed by atoms with van der Waals surface area (Å²) in [6.07, 6.45) is 0.971. The fourth-order valence-electron chi connectivity index (χ4n) is 2.67. The van der Waals surface area contributed by atoms with Gasteiger partial charge in [-0.15, -0.1) is 11.3 Å². The molecule has 1 atom stereocenters. The molecule has 3 aromatic rings. The Labute approximate surface area is 131 Å². The third-order valence-corrected chi connectivity index (χ3v) is 4.93. The molecule has 0 amide bonds. The van der Waals surface area contributed by atoms with Crippen molar-refractivity contribution in [3.8, 4) is 11.1 Å². The normalized spacial score (nSPS) is 18.4. The Morgan fingerprint density at radius 1 is 1.19 bits per heavy atom. The van der Waals surface area contributed by atoms with Crippen LogP contribution in [0, 0.1) is 0 Å². The maximum atomic E-state index is 6.45. The molecule has 0 radical (unpaired) electrons. The molecule has 5 heteroatoms. The summed E-state index contributed by atoms with van der Waals surface area (Å²) in [4.78, 5) is 10.2. The highest BCUT2D eigenvalue weighted by atomic mass is 35.5. The molecule has 106 valence electrons. The summed E-state index contributed by atoms with van der Waals surface area (Å²) in [5.74, 6) is 1.08. The predicted octanol–water partition coefficient (Wildman–Crippen LogP) is 4.52. The number of halogens is 1. The number of benzene rings is 1. The Bertz CT molecular complexity index is 782. The van der Waals surface area contributed by atoms with Gasteiger partial charge >= 0.3 is 0 Å². The van der Waals surface area contributed by atoms with Crippen LogP contribution in [-0.4, -0.2) is 23.2 Å². The van der Waals surface area contributed by atoms with Gasteiger partial charge in [-0.1, -0.05) is 41.9 Å². The van der Waals surface area contributed by atoms with Gasteiger partial charge in [-0.3, -0.25) is 0 Å². The minimum atomic E-state index is 0.272. The van der Waals surface area contributed by atoms with Crippen LogP contribution in [0.5, 0.6) is 0 Å². The minimum absolute atomic E-state index is 0.272. The Morgan fingerprint density at radius 2 is 2.05 bits per heavy atom. The molecule has 0 saturated carbocycles. The van der Waals surface area contributed by atoms with E-state index in [1.54, 1.807) is 11.3 Å². The van der Waals surface area contributed by atoms with Crippen LogP contribution in [0.2, 0.25) is 5.15 Å². The van der Waals surface area contributed by atoms with Crippen molar-refractivity contribution in [3.05, 3.63) is 46.7 Å². The summed E-state index contributed by atoms with van der Waals surface area (Å²) in [5.41, 5.74) is 2.25. The van der Waals surface area contributed by atoms with Crippen LogP contribution in [0.3, 0.4) is 0 Å². The zero-order valence-electron chi connectivity index (χ0n) is 11.3. The fraction of sp³-hybridized carbons (Fsp3) is 0.250. The largest absolute Gasteiger partial charge is 0.381 e. The van der Waals surface area contributed by atoms with Gasteiger partial charge in [0.15, 0.2) is 0 Å². The number of rotatable bonds is 2. The highest BCUT2D eigenvalue weighted by Crippen LogP contribution is 2.37. The van der Waals surface area contributed by atoms with Crippen LogP contribution in [0.15, 0.2) is 35.7 Å². The quantitative estimate of drug-likeness (QED) is 0.652. The van der Waals surface area contributed by atoms with E-state index < -0.39 is 0 Å². The van der Waals surface area contributed by atoms with Crippen LogP contribution in [0.25, 0.3) is 21.3 Å². The van der Waals surface area contributed by atoms with E-state index in [4.69, 9.17) is 21.3 Å². The van der Waals surface area contributed by atoms with Crippen LogP contribution < -0.4 is 0 Å². The first-order valence-electron chi connectivity index (χ1n) is 6.91. The lowest BCUT2D eigenvalue weighted by atomic mass is 10.1. The van der Waals surface area contributed by atoms with Crippen molar-refractivity contribution in [3.63, 3.8) is 0 Å². The molecule has 0 bridgehead atoms. The van der Waals surface area contributed by atoms with Gasteiger partial charge in [0, 0.05) is 23.5 Å². The zero-order chi connectivity index (χ0) is 14.2. The molecule has 2 aromatic heterocycles. The Hall–Kier alpha value is -1.49. The molecule has 0 N–H and O–H groups in total. The van der Waals surface area contributed by atoms with E-state index >= 15 is 0 Å². The Kier molecular flexibility index (Phi) is 3.37. The molecule has 1 unspecified atom stereocenters. The van der Waals surface area contributed by atoms with E-state index in [-0.39, 0.29) is 5.92 Å². The third-order valence-electron chi connectivity index (χ3n) is 3.79. The van der Waals surface area contributed by atoms with Crippen LogP contribution in [0.4, 0.5) is 0 Å². The van der Waals surface area contributed by atoms with Gasteiger partial charge in [0.25, 0.3) is 0 Å². The van der Waals surface area contributed by atoms with Crippen molar-refractivity contribution in [2.45, 2.75) is 12.3 Å². The molecule has 1 saturated heterocycles. The average molecular weight is 317 g/mol. The van der Waals surface area contributed by atoms with E-state index in [9.17, 15) is 0 Å². The Balaban J connectivity index is 1.85. The Morgan fingerprint density at radius 3 is 2.81 bits per heavy atom. The molecule has 4 rings (SSSR count). The summed E-state index contributed by atoms with van der Waals surface area (Å²) in [5, 5.41) is 3.60. The molecular weight excluding hydrogens is 304 g/mol. The van der Waals surface area contributed by atoms with Gasteiger partial charge in [-0.05, 0) is 12.0 Å². The van der Waals surface area contributed by atoms with Gasteiger partial charge < -0.3 is 4.74 Å². The second-order valence-electron chi connectivity index (χ2n) is 5.13. The topological polar surface area (TPSA) is 35.0 Å². The molecule has 21 heavy (non-hydrogen) atoms. The van der Waals surface area contributed by atoms with Gasteiger partial charge in [-0.2, -0.15) is 0 Å².